The number of amides is 1. The molecule has 1 heterocycles. The van der Waals surface area contributed by atoms with Crippen LogP contribution >= 0.6 is 11.3 Å². The summed E-state index contributed by atoms with van der Waals surface area (Å²) in [4.78, 5) is 11.7. The van der Waals surface area contributed by atoms with Gasteiger partial charge < -0.3 is 10.4 Å². The van der Waals surface area contributed by atoms with Gasteiger partial charge in [0.1, 0.15) is 5.60 Å². The molecule has 0 spiro atoms. The zero-order chi connectivity index (χ0) is 12.9. The summed E-state index contributed by atoms with van der Waals surface area (Å²) in [5.41, 5.74) is 0.510. The maximum atomic E-state index is 11.7. The van der Waals surface area contributed by atoms with Gasteiger partial charge in [-0.25, -0.2) is 0 Å². The SMILES string of the molecule is CC/C=C(/C)C(=O)NCC(C)(O)c1ccsc1. The van der Waals surface area contributed by atoms with E-state index in [-0.39, 0.29) is 12.5 Å². The molecule has 4 heteroatoms. The maximum absolute atomic E-state index is 11.7. The first-order chi connectivity index (χ1) is 7.97. The van der Waals surface area contributed by atoms with Crippen LogP contribution in [-0.4, -0.2) is 17.6 Å². The molecule has 94 valence electrons. The van der Waals surface area contributed by atoms with Crippen molar-refractivity contribution in [2.45, 2.75) is 32.8 Å². The van der Waals surface area contributed by atoms with Gasteiger partial charge in [-0.1, -0.05) is 13.0 Å². The molecule has 0 fully saturated rings. The Hall–Kier alpha value is -1.13. The quantitative estimate of drug-likeness (QED) is 0.792. The van der Waals surface area contributed by atoms with Crippen molar-refractivity contribution in [2.24, 2.45) is 0 Å². The van der Waals surface area contributed by atoms with E-state index in [4.69, 9.17) is 0 Å². The lowest BCUT2D eigenvalue weighted by atomic mass is 9.99. The third-order valence-electron chi connectivity index (χ3n) is 2.60. The fourth-order valence-corrected chi connectivity index (χ4v) is 2.25. The summed E-state index contributed by atoms with van der Waals surface area (Å²) >= 11 is 1.53. The molecule has 0 radical (unpaired) electrons. The van der Waals surface area contributed by atoms with E-state index in [2.05, 4.69) is 5.32 Å². The molecule has 0 aromatic carbocycles. The van der Waals surface area contributed by atoms with E-state index < -0.39 is 5.60 Å². The second kappa shape index (κ2) is 5.98. The minimum atomic E-state index is -1.01. The summed E-state index contributed by atoms with van der Waals surface area (Å²) < 4.78 is 0. The first-order valence-corrected chi connectivity index (χ1v) is 6.61. The highest BCUT2D eigenvalue weighted by atomic mass is 32.1. The molecule has 2 N–H and O–H groups in total. The number of carbonyl (C=O) groups is 1. The predicted molar refractivity (Wildman–Crippen MR) is 70.9 cm³/mol. The van der Waals surface area contributed by atoms with E-state index in [1.165, 1.54) is 11.3 Å². The van der Waals surface area contributed by atoms with Crippen LogP contribution in [0, 0.1) is 0 Å². The summed E-state index contributed by atoms with van der Waals surface area (Å²) in [5, 5.41) is 16.8. The van der Waals surface area contributed by atoms with Crippen LogP contribution < -0.4 is 5.32 Å². The molecule has 0 aliphatic heterocycles. The average molecular weight is 253 g/mol. The van der Waals surface area contributed by atoms with Crippen molar-refractivity contribution in [3.8, 4) is 0 Å². The van der Waals surface area contributed by atoms with Crippen molar-refractivity contribution in [1.29, 1.82) is 0 Å². The Kier molecular flexibility index (Phi) is 4.90. The van der Waals surface area contributed by atoms with E-state index in [9.17, 15) is 9.90 Å². The summed E-state index contributed by atoms with van der Waals surface area (Å²) in [6.45, 7) is 5.68. The number of nitrogens with one attached hydrogen (secondary N) is 1. The van der Waals surface area contributed by atoms with Crippen LogP contribution in [0.3, 0.4) is 0 Å². The molecular weight excluding hydrogens is 234 g/mol. The molecule has 0 bridgehead atoms. The van der Waals surface area contributed by atoms with E-state index in [1.807, 2.05) is 29.8 Å². The first kappa shape index (κ1) is 13.9. The normalized spacial score (nSPS) is 15.4. The van der Waals surface area contributed by atoms with Crippen LogP contribution in [0.2, 0.25) is 0 Å². The summed E-state index contributed by atoms with van der Waals surface area (Å²) in [6, 6.07) is 1.87. The van der Waals surface area contributed by atoms with Crippen LogP contribution in [0.5, 0.6) is 0 Å². The lowest BCUT2D eigenvalue weighted by molar-refractivity contribution is -0.118. The maximum Gasteiger partial charge on any atom is 0.246 e. The van der Waals surface area contributed by atoms with Crippen LogP contribution in [0.4, 0.5) is 0 Å². The molecule has 0 saturated carbocycles. The fourth-order valence-electron chi connectivity index (χ4n) is 1.46. The number of hydrogen-bond acceptors (Lipinski definition) is 3. The topological polar surface area (TPSA) is 49.3 Å². The van der Waals surface area contributed by atoms with Crippen LogP contribution in [0.15, 0.2) is 28.5 Å². The van der Waals surface area contributed by atoms with Crippen molar-refractivity contribution in [3.63, 3.8) is 0 Å². The number of allylic oxidation sites excluding steroid dienone is 1. The molecule has 0 aliphatic rings. The number of carbonyl (C=O) groups excluding carboxylic acids is 1. The third-order valence-corrected chi connectivity index (χ3v) is 3.29. The number of aliphatic hydroxyl groups is 1. The summed E-state index contributed by atoms with van der Waals surface area (Å²) in [6.07, 6.45) is 2.70. The Balaban J connectivity index is 2.56. The minimum Gasteiger partial charge on any atom is -0.384 e. The van der Waals surface area contributed by atoms with Crippen molar-refractivity contribution in [1.82, 2.24) is 5.32 Å². The lowest BCUT2D eigenvalue weighted by Crippen LogP contribution is -2.38. The van der Waals surface area contributed by atoms with Crippen molar-refractivity contribution in [2.75, 3.05) is 6.54 Å². The molecule has 0 aliphatic carbocycles. The Morgan fingerprint density at radius 3 is 2.88 bits per heavy atom. The summed E-state index contributed by atoms with van der Waals surface area (Å²) in [5.74, 6) is -0.123. The second-order valence-corrected chi connectivity index (χ2v) is 5.04. The zero-order valence-corrected chi connectivity index (χ0v) is 11.3. The van der Waals surface area contributed by atoms with Crippen molar-refractivity contribution in [3.05, 3.63) is 34.0 Å². The van der Waals surface area contributed by atoms with Gasteiger partial charge in [-0.15, -0.1) is 0 Å². The number of thiophene rings is 1. The van der Waals surface area contributed by atoms with Gasteiger partial charge in [0.2, 0.25) is 5.91 Å². The van der Waals surface area contributed by atoms with Gasteiger partial charge in [-0.2, -0.15) is 11.3 Å². The standard InChI is InChI=1S/C13H19NO2S/c1-4-5-10(2)12(15)14-9-13(3,16)11-6-7-17-8-11/h5-8,16H,4,9H2,1-3H3,(H,14,15)/b10-5-. The highest BCUT2D eigenvalue weighted by Gasteiger charge is 2.24. The van der Waals surface area contributed by atoms with E-state index in [0.717, 1.165) is 12.0 Å². The zero-order valence-electron chi connectivity index (χ0n) is 10.5. The minimum absolute atomic E-state index is 0.123. The van der Waals surface area contributed by atoms with Crippen LogP contribution in [0.1, 0.15) is 32.8 Å². The smallest absolute Gasteiger partial charge is 0.246 e. The van der Waals surface area contributed by atoms with E-state index in [0.29, 0.717) is 5.57 Å². The van der Waals surface area contributed by atoms with Gasteiger partial charge in [0.15, 0.2) is 0 Å². The van der Waals surface area contributed by atoms with Crippen molar-refractivity contribution < 1.29 is 9.90 Å². The molecule has 1 atom stereocenters. The molecule has 1 unspecified atom stereocenters. The second-order valence-electron chi connectivity index (χ2n) is 4.26. The first-order valence-electron chi connectivity index (χ1n) is 5.67. The van der Waals surface area contributed by atoms with Gasteiger partial charge in [-0.3, -0.25) is 4.79 Å². The number of hydrogen-bond donors (Lipinski definition) is 2. The Morgan fingerprint density at radius 1 is 1.65 bits per heavy atom. The third kappa shape index (κ3) is 3.98. The van der Waals surface area contributed by atoms with Crippen LogP contribution in [-0.2, 0) is 10.4 Å². The van der Waals surface area contributed by atoms with Gasteiger partial charge in [0, 0.05) is 5.57 Å². The van der Waals surface area contributed by atoms with Gasteiger partial charge in [-0.05, 0) is 42.7 Å². The number of rotatable bonds is 5. The molecule has 3 nitrogen and oxygen atoms in total. The Morgan fingerprint density at radius 2 is 2.35 bits per heavy atom. The Bertz CT molecular complexity index is 394. The van der Waals surface area contributed by atoms with Gasteiger partial charge in [0.25, 0.3) is 0 Å². The predicted octanol–water partition coefficient (Wildman–Crippen LogP) is 2.43. The fraction of sp³-hybridized carbons (Fsp3) is 0.462. The van der Waals surface area contributed by atoms with E-state index in [1.54, 1.807) is 13.8 Å². The molecule has 1 aromatic rings. The monoisotopic (exact) mass is 253 g/mol. The molecule has 1 amide bonds. The molecule has 17 heavy (non-hydrogen) atoms. The van der Waals surface area contributed by atoms with Gasteiger partial charge in [0.05, 0.1) is 6.54 Å². The largest absolute Gasteiger partial charge is 0.384 e. The molecular formula is C13H19NO2S. The van der Waals surface area contributed by atoms with Gasteiger partial charge >= 0.3 is 0 Å². The van der Waals surface area contributed by atoms with E-state index >= 15 is 0 Å². The van der Waals surface area contributed by atoms with Crippen molar-refractivity contribution >= 4 is 17.2 Å². The summed E-state index contributed by atoms with van der Waals surface area (Å²) in [7, 11) is 0. The lowest BCUT2D eigenvalue weighted by Gasteiger charge is -2.22. The highest BCUT2D eigenvalue weighted by Crippen LogP contribution is 2.22. The average Bonchev–Trinajstić information content (AvgIpc) is 2.80. The molecule has 1 rings (SSSR count). The molecule has 1 aromatic heterocycles. The molecule has 0 saturated heterocycles. The highest BCUT2D eigenvalue weighted by molar-refractivity contribution is 7.08. The Labute approximate surface area is 106 Å². The van der Waals surface area contributed by atoms with Crippen LogP contribution in [0.25, 0.3) is 0 Å².